The fraction of sp³-hybridized carbons (Fsp3) is 0.368. The summed E-state index contributed by atoms with van der Waals surface area (Å²) in [6.07, 6.45) is 1.99. The molecule has 0 saturated carbocycles. The molecule has 2 aromatic rings. The molecule has 3 N–H and O–H groups in total. The number of H-pyrrole nitrogens is 1. The summed E-state index contributed by atoms with van der Waals surface area (Å²) in [5.74, 6) is -0.968. The van der Waals surface area contributed by atoms with Gasteiger partial charge in [-0.2, -0.15) is 4.98 Å². The number of aryl methyl sites for hydroxylation is 1. The third-order valence-corrected chi connectivity index (χ3v) is 4.98. The Bertz CT molecular complexity index is 945. The molecule has 4 rings (SSSR count). The first-order valence-electron chi connectivity index (χ1n) is 9.08. The molecule has 0 aliphatic carbocycles. The minimum Gasteiger partial charge on any atom is -0.342 e. The van der Waals surface area contributed by atoms with Gasteiger partial charge in [0.2, 0.25) is 17.8 Å². The maximum absolute atomic E-state index is 12.8. The first-order chi connectivity index (χ1) is 13.0. The zero-order valence-electron chi connectivity index (χ0n) is 15.0. The molecule has 0 unspecified atom stereocenters. The predicted molar refractivity (Wildman–Crippen MR) is 102 cm³/mol. The highest BCUT2D eigenvalue weighted by molar-refractivity contribution is 6.04. The maximum Gasteiger partial charge on any atom is 0.258 e. The SMILES string of the molecule is Cc1ccc(NC(=O)[C@@H]2CC(=O)Nc3nc(N4CCCC4)[nH]c(=O)c32)cc1. The Morgan fingerprint density at radius 2 is 1.89 bits per heavy atom. The number of aromatic amines is 1. The molecule has 1 aromatic heterocycles. The minimum atomic E-state index is -0.876. The number of carbonyl (C=O) groups is 2. The molecule has 3 heterocycles. The number of nitrogens with one attached hydrogen (secondary N) is 3. The standard InChI is InChI=1S/C19H21N5O3/c1-11-4-6-12(7-5-11)20-17(26)13-10-14(25)21-16-15(13)18(27)23-19(22-16)24-8-2-3-9-24/h4-7,13H,2-3,8-10H2,1H3,(H,20,26)(H2,21,22,23,25,27)/t13-/m1/s1. The monoisotopic (exact) mass is 367 g/mol. The molecule has 0 bridgehead atoms. The number of rotatable bonds is 3. The molecule has 1 fully saturated rings. The fourth-order valence-electron chi connectivity index (χ4n) is 3.53. The highest BCUT2D eigenvalue weighted by atomic mass is 16.2. The van der Waals surface area contributed by atoms with Gasteiger partial charge in [0.25, 0.3) is 5.56 Å². The van der Waals surface area contributed by atoms with Crippen LogP contribution < -0.4 is 21.1 Å². The Labute approximate surface area is 156 Å². The Hall–Kier alpha value is -3.16. The Kier molecular flexibility index (Phi) is 4.39. The Balaban J connectivity index is 1.65. The summed E-state index contributed by atoms with van der Waals surface area (Å²) < 4.78 is 0. The molecule has 1 saturated heterocycles. The van der Waals surface area contributed by atoms with Gasteiger partial charge in [0.15, 0.2) is 0 Å². The summed E-state index contributed by atoms with van der Waals surface area (Å²) in [4.78, 5) is 46.8. The summed E-state index contributed by atoms with van der Waals surface area (Å²) >= 11 is 0. The van der Waals surface area contributed by atoms with E-state index in [1.807, 2.05) is 24.0 Å². The van der Waals surface area contributed by atoms with Crippen molar-refractivity contribution in [2.24, 2.45) is 0 Å². The first-order valence-corrected chi connectivity index (χ1v) is 9.08. The lowest BCUT2D eigenvalue weighted by atomic mass is 9.92. The van der Waals surface area contributed by atoms with Crippen LogP contribution in [0.5, 0.6) is 0 Å². The van der Waals surface area contributed by atoms with E-state index >= 15 is 0 Å². The lowest BCUT2D eigenvalue weighted by Gasteiger charge is -2.25. The molecule has 8 heteroatoms. The van der Waals surface area contributed by atoms with Crippen molar-refractivity contribution in [3.63, 3.8) is 0 Å². The molecule has 1 atom stereocenters. The summed E-state index contributed by atoms with van der Waals surface area (Å²) in [5.41, 5.74) is 1.52. The summed E-state index contributed by atoms with van der Waals surface area (Å²) in [5, 5.41) is 5.43. The number of hydrogen-bond acceptors (Lipinski definition) is 5. The van der Waals surface area contributed by atoms with Crippen LogP contribution in [0.1, 0.15) is 36.3 Å². The summed E-state index contributed by atoms with van der Waals surface area (Å²) in [6, 6.07) is 7.34. The largest absolute Gasteiger partial charge is 0.342 e. The molecule has 2 aliphatic heterocycles. The van der Waals surface area contributed by atoms with Gasteiger partial charge in [-0.3, -0.25) is 19.4 Å². The zero-order chi connectivity index (χ0) is 19.0. The molecule has 1 aromatic carbocycles. The van der Waals surface area contributed by atoms with Crippen molar-refractivity contribution in [3.8, 4) is 0 Å². The zero-order valence-corrected chi connectivity index (χ0v) is 15.0. The number of carbonyl (C=O) groups excluding carboxylic acids is 2. The molecular formula is C19H21N5O3. The predicted octanol–water partition coefficient (Wildman–Crippen LogP) is 1.74. The molecule has 8 nitrogen and oxygen atoms in total. The average Bonchev–Trinajstić information content (AvgIpc) is 3.17. The summed E-state index contributed by atoms with van der Waals surface area (Å²) in [6.45, 7) is 3.58. The van der Waals surface area contributed by atoms with E-state index in [2.05, 4.69) is 20.6 Å². The van der Waals surface area contributed by atoms with Gasteiger partial charge in [0, 0.05) is 25.2 Å². The third kappa shape index (κ3) is 3.42. The lowest BCUT2D eigenvalue weighted by molar-refractivity contribution is -0.123. The highest BCUT2D eigenvalue weighted by Crippen LogP contribution is 2.30. The second-order valence-corrected chi connectivity index (χ2v) is 7.01. The third-order valence-electron chi connectivity index (χ3n) is 4.98. The van der Waals surface area contributed by atoms with Crippen LogP contribution in [0.25, 0.3) is 0 Å². The van der Waals surface area contributed by atoms with Crippen molar-refractivity contribution in [1.82, 2.24) is 9.97 Å². The second kappa shape index (κ2) is 6.86. The number of fused-ring (bicyclic) bond motifs is 1. The van der Waals surface area contributed by atoms with Crippen LogP contribution in [-0.4, -0.2) is 34.9 Å². The molecule has 140 valence electrons. The minimum absolute atomic E-state index is 0.0848. The smallest absolute Gasteiger partial charge is 0.258 e. The van der Waals surface area contributed by atoms with E-state index in [0.29, 0.717) is 11.6 Å². The summed E-state index contributed by atoms with van der Waals surface area (Å²) in [7, 11) is 0. The van der Waals surface area contributed by atoms with E-state index in [-0.39, 0.29) is 29.3 Å². The number of anilines is 3. The van der Waals surface area contributed by atoms with Gasteiger partial charge >= 0.3 is 0 Å². The fourth-order valence-corrected chi connectivity index (χ4v) is 3.53. The average molecular weight is 367 g/mol. The first kappa shape index (κ1) is 17.3. The van der Waals surface area contributed by atoms with E-state index < -0.39 is 11.8 Å². The van der Waals surface area contributed by atoms with Gasteiger partial charge in [-0.05, 0) is 31.9 Å². The second-order valence-electron chi connectivity index (χ2n) is 7.01. The van der Waals surface area contributed by atoms with Gasteiger partial charge in [-0.15, -0.1) is 0 Å². The molecule has 2 amide bonds. The number of benzene rings is 1. The maximum atomic E-state index is 12.8. The van der Waals surface area contributed by atoms with Crippen LogP contribution >= 0.6 is 0 Å². The van der Waals surface area contributed by atoms with Crippen LogP contribution in [-0.2, 0) is 9.59 Å². The highest BCUT2D eigenvalue weighted by Gasteiger charge is 2.35. The van der Waals surface area contributed by atoms with E-state index in [1.165, 1.54) is 0 Å². The van der Waals surface area contributed by atoms with Crippen LogP contribution in [0.15, 0.2) is 29.1 Å². The number of amides is 2. The van der Waals surface area contributed by atoms with Crippen LogP contribution in [0, 0.1) is 6.92 Å². The van der Waals surface area contributed by atoms with Crippen LogP contribution in [0.3, 0.4) is 0 Å². The molecule has 27 heavy (non-hydrogen) atoms. The van der Waals surface area contributed by atoms with E-state index in [4.69, 9.17) is 0 Å². The van der Waals surface area contributed by atoms with Gasteiger partial charge in [0.05, 0.1) is 11.5 Å². The van der Waals surface area contributed by atoms with Crippen molar-refractivity contribution in [3.05, 3.63) is 45.7 Å². The number of aromatic nitrogens is 2. The molecule has 0 radical (unpaired) electrons. The topological polar surface area (TPSA) is 107 Å². The van der Waals surface area contributed by atoms with Crippen LogP contribution in [0.4, 0.5) is 17.5 Å². The Morgan fingerprint density at radius 1 is 1.19 bits per heavy atom. The van der Waals surface area contributed by atoms with Gasteiger partial charge in [-0.25, -0.2) is 0 Å². The van der Waals surface area contributed by atoms with Crippen molar-refractivity contribution < 1.29 is 9.59 Å². The Morgan fingerprint density at radius 3 is 2.59 bits per heavy atom. The van der Waals surface area contributed by atoms with Crippen molar-refractivity contribution in [2.45, 2.75) is 32.1 Å². The van der Waals surface area contributed by atoms with E-state index in [9.17, 15) is 14.4 Å². The number of nitrogens with zero attached hydrogens (tertiary/aromatic N) is 2. The van der Waals surface area contributed by atoms with Crippen molar-refractivity contribution in [2.75, 3.05) is 28.6 Å². The van der Waals surface area contributed by atoms with Crippen molar-refractivity contribution >= 4 is 29.3 Å². The van der Waals surface area contributed by atoms with Crippen molar-refractivity contribution in [1.29, 1.82) is 0 Å². The quantitative estimate of drug-likeness (QED) is 0.766. The van der Waals surface area contributed by atoms with E-state index in [0.717, 1.165) is 31.5 Å². The molecule has 2 aliphatic rings. The molecular weight excluding hydrogens is 346 g/mol. The van der Waals surface area contributed by atoms with Gasteiger partial charge in [-0.1, -0.05) is 17.7 Å². The normalized spacial score (nSPS) is 18.8. The van der Waals surface area contributed by atoms with Gasteiger partial charge < -0.3 is 15.5 Å². The number of hydrogen-bond donors (Lipinski definition) is 3. The van der Waals surface area contributed by atoms with Gasteiger partial charge in [0.1, 0.15) is 5.82 Å². The lowest BCUT2D eigenvalue weighted by Crippen LogP contribution is -2.37. The molecule has 0 spiro atoms. The van der Waals surface area contributed by atoms with Crippen LogP contribution in [0.2, 0.25) is 0 Å². The van der Waals surface area contributed by atoms with E-state index in [1.54, 1.807) is 12.1 Å².